The van der Waals surface area contributed by atoms with Crippen molar-refractivity contribution in [2.45, 2.75) is 33.2 Å². The van der Waals surface area contributed by atoms with Crippen LogP contribution in [-0.4, -0.2) is 23.0 Å². The summed E-state index contributed by atoms with van der Waals surface area (Å²) in [4.78, 5) is 22.5. The van der Waals surface area contributed by atoms with Gasteiger partial charge in [-0.15, -0.1) is 0 Å². The van der Waals surface area contributed by atoms with E-state index in [9.17, 15) is 9.59 Å². The van der Waals surface area contributed by atoms with Crippen molar-refractivity contribution in [2.75, 3.05) is 0 Å². The number of carbonyl (C=O) groups is 2. The molecule has 0 aliphatic heterocycles. The molecule has 0 radical (unpaired) electrons. The van der Waals surface area contributed by atoms with Crippen molar-refractivity contribution >= 4 is 22.8 Å². The Morgan fingerprint density at radius 1 is 1.35 bits per heavy atom. The molecule has 106 valence electrons. The molecular formula is C15H17NO4. The summed E-state index contributed by atoms with van der Waals surface area (Å²) in [7, 11) is 0. The zero-order valence-electron chi connectivity index (χ0n) is 11.7. The lowest BCUT2D eigenvalue weighted by Crippen LogP contribution is -2.39. The second kappa shape index (κ2) is 5.36. The van der Waals surface area contributed by atoms with Gasteiger partial charge in [-0.3, -0.25) is 9.59 Å². The molecule has 0 spiro atoms. The van der Waals surface area contributed by atoms with Gasteiger partial charge in [-0.05, 0) is 31.9 Å². The molecule has 2 aromatic rings. The Kier molecular flexibility index (Phi) is 3.79. The fourth-order valence-electron chi connectivity index (χ4n) is 2.05. The number of nitrogens with one attached hydrogen (secondary N) is 1. The first-order chi connectivity index (χ1) is 9.40. The zero-order chi connectivity index (χ0) is 14.9. The van der Waals surface area contributed by atoms with E-state index in [4.69, 9.17) is 9.52 Å². The maximum atomic E-state index is 11.8. The van der Waals surface area contributed by atoms with E-state index >= 15 is 0 Å². The van der Waals surface area contributed by atoms with E-state index in [-0.39, 0.29) is 12.3 Å². The maximum absolute atomic E-state index is 11.8. The molecule has 1 atom stereocenters. The highest BCUT2D eigenvalue weighted by molar-refractivity contribution is 5.91. The van der Waals surface area contributed by atoms with Gasteiger partial charge in [0, 0.05) is 10.9 Å². The number of aliphatic carboxylic acids is 1. The largest absolute Gasteiger partial charge is 0.480 e. The molecule has 1 heterocycles. The number of benzene rings is 1. The standard InChI is InChI=1S/C15H17NO4/c1-8-4-5-12-11(7-20-14(12)9(8)2)6-13(17)16-10(3)15(18)19/h4-5,7,10H,6H2,1-3H3,(H,16,17)(H,18,19)/t10-/m0/s1. The van der Waals surface area contributed by atoms with Crippen LogP contribution in [0.1, 0.15) is 23.6 Å². The summed E-state index contributed by atoms with van der Waals surface area (Å²) in [6.45, 7) is 5.40. The summed E-state index contributed by atoms with van der Waals surface area (Å²) >= 11 is 0. The second-order valence-corrected chi connectivity index (χ2v) is 4.95. The van der Waals surface area contributed by atoms with Gasteiger partial charge in [0.25, 0.3) is 0 Å². The van der Waals surface area contributed by atoms with E-state index < -0.39 is 12.0 Å². The van der Waals surface area contributed by atoms with Crippen LogP contribution in [0.4, 0.5) is 0 Å². The van der Waals surface area contributed by atoms with Crippen LogP contribution >= 0.6 is 0 Å². The lowest BCUT2D eigenvalue weighted by Gasteiger charge is -2.08. The number of aryl methyl sites for hydroxylation is 2. The second-order valence-electron chi connectivity index (χ2n) is 4.95. The number of rotatable bonds is 4. The van der Waals surface area contributed by atoms with Crippen LogP contribution < -0.4 is 5.32 Å². The Labute approximate surface area is 116 Å². The number of amides is 1. The molecule has 1 aromatic carbocycles. The van der Waals surface area contributed by atoms with Crippen LogP contribution in [0.5, 0.6) is 0 Å². The first-order valence-corrected chi connectivity index (χ1v) is 6.38. The SMILES string of the molecule is Cc1ccc2c(CC(=O)N[C@@H](C)C(=O)O)coc2c1C. The lowest BCUT2D eigenvalue weighted by atomic mass is 10.0. The monoisotopic (exact) mass is 275 g/mol. The Bertz CT molecular complexity index is 672. The summed E-state index contributed by atoms with van der Waals surface area (Å²) < 4.78 is 5.52. The van der Waals surface area contributed by atoms with E-state index in [1.165, 1.54) is 6.92 Å². The topological polar surface area (TPSA) is 79.5 Å². The molecule has 1 aromatic heterocycles. The maximum Gasteiger partial charge on any atom is 0.325 e. The van der Waals surface area contributed by atoms with E-state index in [0.29, 0.717) is 0 Å². The fourth-order valence-corrected chi connectivity index (χ4v) is 2.05. The third-order valence-electron chi connectivity index (χ3n) is 3.44. The van der Waals surface area contributed by atoms with Gasteiger partial charge in [0.05, 0.1) is 12.7 Å². The highest BCUT2D eigenvalue weighted by atomic mass is 16.4. The molecule has 20 heavy (non-hydrogen) atoms. The summed E-state index contributed by atoms with van der Waals surface area (Å²) in [6.07, 6.45) is 1.66. The number of hydrogen-bond donors (Lipinski definition) is 2. The van der Waals surface area contributed by atoms with Crippen molar-refractivity contribution in [1.29, 1.82) is 0 Å². The van der Waals surface area contributed by atoms with E-state index in [0.717, 1.165) is 27.7 Å². The molecule has 0 unspecified atom stereocenters. The number of furan rings is 1. The smallest absolute Gasteiger partial charge is 0.325 e. The molecule has 0 saturated heterocycles. The number of carboxylic acids is 1. The van der Waals surface area contributed by atoms with Crippen LogP contribution in [0.15, 0.2) is 22.8 Å². The highest BCUT2D eigenvalue weighted by Gasteiger charge is 2.17. The highest BCUT2D eigenvalue weighted by Crippen LogP contribution is 2.26. The van der Waals surface area contributed by atoms with Crippen LogP contribution in [-0.2, 0) is 16.0 Å². The first kappa shape index (κ1) is 14.1. The normalized spacial score (nSPS) is 12.3. The number of fused-ring (bicyclic) bond motifs is 1. The van der Waals surface area contributed by atoms with Crippen LogP contribution in [0, 0.1) is 13.8 Å². The Hall–Kier alpha value is -2.30. The van der Waals surface area contributed by atoms with Crippen LogP contribution in [0.25, 0.3) is 11.0 Å². The Morgan fingerprint density at radius 2 is 2.05 bits per heavy atom. The van der Waals surface area contributed by atoms with Crippen molar-refractivity contribution < 1.29 is 19.1 Å². The predicted octanol–water partition coefficient (Wildman–Crippen LogP) is 2.18. The van der Waals surface area contributed by atoms with Gasteiger partial charge in [0.2, 0.25) is 5.91 Å². The van der Waals surface area contributed by atoms with Crippen molar-refractivity contribution in [3.8, 4) is 0 Å². The molecular weight excluding hydrogens is 258 g/mol. The molecule has 0 aliphatic rings. The molecule has 5 heteroatoms. The average Bonchev–Trinajstić information content (AvgIpc) is 2.77. The van der Waals surface area contributed by atoms with Crippen molar-refractivity contribution in [1.82, 2.24) is 5.32 Å². The summed E-state index contributed by atoms with van der Waals surface area (Å²) in [5, 5.41) is 12.1. The minimum atomic E-state index is -1.05. The van der Waals surface area contributed by atoms with Crippen molar-refractivity contribution in [3.63, 3.8) is 0 Å². The molecule has 0 bridgehead atoms. The first-order valence-electron chi connectivity index (χ1n) is 6.38. The molecule has 2 rings (SSSR count). The number of hydrogen-bond acceptors (Lipinski definition) is 3. The molecule has 5 nitrogen and oxygen atoms in total. The summed E-state index contributed by atoms with van der Waals surface area (Å²) in [5.41, 5.74) is 3.72. The van der Waals surface area contributed by atoms with Gasteiger partial charge in [-0.1, -0.05) is 12.1 Å². The van der Waals surface area contributed by atoms with Crippen molar-refractivity contribution in [2.24, 2.45) is 0 Å². The van der Waals surface area contributed by atoms with Gasteiger partial charge in [-0.2, -0.15) is 0 Å². The zero-order valence-corrected chi connectivity index (χ0v) is 11.7. The number of carboxylic acid groups (broad SMARTS) is 1. The van der Waals surface area contributed by atoms with Gasteiger partial charge >= 0.3 is 5.97 Å². The molecule has 0 saturated carbocycles. The third kappa shape index (κ3) is 2.66. The quantitative estimate of drug-likeness (QED) is 0.896. The van der Waals surface area contributed by atoms with E-state index in [1.807, 2.05) is 26.0 Å². The number of carbonyl (C=O) groups excluding carboxylic acids is 1. The third-order valence-corrected chi connectivity index (χ3v) is 3.44. The summed E-state index contributed by atoms with van der Waals surface area (Å²) in [5.74, 6) is -1.39. The van der Waals surface area contributed by atoms with Gasteiger partial charge in [0.15, 0.2) is 0 Å². The van der Waals surface area contributed by atoms with E-state index in [2.05, 4.69) is 5.32 Å². The molecule has 1 amide bonds. The lowest BCUT2D eigenvalue weighted by molar-refractivity contribution is -0.141. The molecule has 0 fully saturated rings. The predicted molar refractivity (Wildman–Crippen MR) is 74.6 cm³/mol. The minimum absolute atomic E-state index is 0.104. The van der Waals surface area contributed by atoms with Gasteiger partial charge in [0.1, 0.15) is 11.6 Å². The fraction of sp³-hybridized carbons (Fsp3) is 0.333. The minimum Gasteiger partial charge on any atom is -0.480 e. The summed E-state index contributed by atoms with van der Waals surface area (Å²) in [6, 6.07) is 3.00. The molecule has 0 aliphatic carbocycles. The van der Waals surface area contributed by atoms with Gasteiger partial charge in [-0.25, -0.2) is 0 Å². The Morgan fingerprint density at radius 3 is 2.70 bits per heavy atom. The average molecular weight is 275 g/mol. The van der Waals surface area contributed by atoms with Crippen LogP contribution in [0.2, 0.25) is 0 Å². The van der Waals surface area contributed by atoms with E-state index in [1.54, 1.807) is 6.26 Å². The van der Waals surface area contributed by atoms with Crippen LogP contribution in [0.3, 0.4) is 0 Å². The molecule has 2 N–H and O–H groups in total. The Balaban J connectivity index is 2.21. The van der Waals surface area contributed by atoms with Crippen molar-refractivity contribution in [3.05, 3.63) is 35.1 Å². The van der Waals surface area contributed by atoms with Gasteiger partial charge < -0.3 is 14.8 Å².